The van der Waals surface area contributed by atoms with Crippen molar-refractivity contribution in [3.63, 3.8) is 0 Å². The molecule has 2 rings (SSSR count). The SMILES string of the molecule is CN1CCCN2CCCN(CCCN(C)CC1)CC2.[Cl][Mn][Cl]. The molecule has 0 aromatic carbocycles. The van der Waals surface area contributed by atoms with Crippen LogP contribution in [0.5, 0.6) is 0 Å². The number of halogens is 2. The monoisotopic (exact) mass is 393 g/mol. The molecule has 0 aromatic heterocycles. The molecule has 2 aliphatic rings. The van der Waals surface area contributed by atoms with Gasteiger partial charge in [-0.15, -0.1) is 0 Å². The van der Waals surface area contributed by atoms with Gasteiger partial charge in [0.15, 0.2) is 0 Å². The van der Waals surface area contributed by atoms with Crippen LogP contribution in [0.15, 0.2) is 0 Å². The van der Waals surface area contributed by atoms with E-state index >= 15 is 0 Å². The molecule has 0 amide bonds. The summed E-state index contributed by atoms with van der Waals surface area (Å²) in [7, 11) is 14.1. The minimum absolute atomic E-state index is 0.00694. The van der Waals surface area contributed by atoms with E-state index in [2.05, 4.69) is 33.7 Å². The molecule has 2 aliphatic heterocycles. The van der Waals surface area contributed by atoms with Crippen LogP contribution in [0.3, 0.4) is 0 Å². The Bertz CT molecular complexity index is 250. The third kappa shape index (κ3) is 9.94. The molecule has 2 heterocycles. The summed E-state index contributed by atoms with van der Waals surface area (Å²) < 4.78 is 0. The molecule has 0 N–H and O–H groups in total. The van der Waals surface area contributed by atoms with Crippen molar-refractivity contribution in [1.29, 1.82) is 0 Å². The number of nitrogens with zero attached hydrogens (tertiary/aromatic N) is 4. The zero-order chi connectivity index (χ0) is 16.2. The van der Waals surface area contributed by atoms with Crippen LogP contribution in [0.4, 0.5) is 0 Å². The minimum atomic E-state index is 0.00694. The standard InChI is InChI=1S/C15H32N4.2ClH.Mn/c1-16-6-3-8-18-10-5-11-19(15-14-18)9-4-7-17(2)13-12-16;;;/h3-15H2,1-2H3;2*1H;/q;;;+2/p-2. The van der Waals surface area contributed by atoms with E-state index < -0.39 is 0 Å². The Kier molecular flexibility index (Phi) is 12.6. The predicted octanol–water partition coefficient (Wildman–Crippen LogP) is 2.03. The molecule has 0 aliphatic carbocycles. The Balaban J connectivity index is 0.000000745. The van der Waals surface area contributed by atoms with Gasteiger partial charge < -0.3 is 19.6 Å². The number of likely N-dealkylation sites (N-methyl/N-ethyl adjacent to an activating group) is 2. The first-order valence-corrected chi connectivity index (χ1v) is 11.6. The number of hydrogen-bond acceptors (Lipinski definition) is 4. The quantitative estimate of drug-likeness (QED) is 0.583. The Morgan fingerprint density at radius 1 is 0.545 bits per heavy atom. The van der Waals surface area contributed by atoms with Crippen molar-refractivity contribution in [1.82, 2.24) is 19.6 Å². The van der Waals surface area contributed by atoms with Crippen molar-refractivity contribution in [3.05, 3.63) is 0 Å². The summed E-state index contributed by atoms with van der Waals surface area (Å²) in [5.74, 6) is 0. The van der Waals surface area contributed by atoms with Gasteiger partial charge in [0.25, 0.3) is 0 Å². The first-order chi connectivity index (χ1) is 10.7. The summed E-state index contributed by atoms with van der Waals surface area (Å²) in [6, 6.07) is 0. The van der Waals surface area contributed by atoms with Crippen molar-refractivity contribution >= 4 is 20.2 Å². The van der Waals surface area contributed by atoms with Gasteiger partial charge >= 0.3 is 33.3 Å². The Morgan fingerprint density at radius 2 is 0.864 bits per heavy atom. The van der Waals surface area contributed by atoms with E-state index in [1.807, 2.05) is 0 Å². The maximum atomic E-state index is 4.80. The predicted molar refractivity (Wildman–Crippen MR) is 93.4 cm³/mol. The summed E-state index contributed by atoms with van der Waals surface area (Å²) in [4.78, 5) is 10.3. The molecule has 2 unspecified atom stereocenters. The molecule has 2 atom stereocenters. The van der Waals surface area contributed by atoms with Crippen molar-refractivity contribution in [3.8, 4) is 0 Å². The first-order valence-electron chi connectivity index (χ1n) is 8.34. The molecule has 2 bridgehead atoms. The van der Waals surface area contributed by atoms with Gasteiger partial charge in [-0.1, -0.05) is 0 Å². The van der Waals surface area contributed by atoms with Gasteiger partial charge in [-0.3, -0.25) is 0 Å². The molecule has 22 heavy (non-hydrogen) atoms. The van der Waals surface area contributed by atoms with E-state index in [1.165, 1.54) is 84.7 Å². The van der Waals surface area contributed by atoms with Crippen LogP contribution in [0, 0.1) is 0 Å². The Morgan fingerprint density at radius 3 is 1.23 bits per heavy atom. The summed E-state index contributed by atoms with van der Waals surface area (Å²) in [5, 5.41) is 0. The van der Waals surface area contributed by atoms with Crippen molar-refractivity contribution in [2.75, 3.05) is 79.5 Å². The van der Waals surface area contributed by atoms with Crippen LogP contribution in [0.25, 0.3) is 0 Å². The van der Waals surface area contributed by atoms with Gasteiger partial charge in [0, 0.05) is 26.2 Å². The van der Waals surface area contributed by atoms with Crippen LogP contribution in [0.1, 0.15) is 19.3 Å². The Hall–Kier alpha value is 0.939. The Labute approximate surface area is 151 Å². The van der Waals surface area contributed by atoms with Crippen LogP contribution in [0.2, 0.25) is 0 Å². The second kappa shape index (κ2) is 13.3. The second-order valence-corrected chi connectivity index (χ2v) is 8.35. The molecule has 2 saturated heterocycles. The van der Waals surface area contributed by atoms with E-state index in [0.717, 1.165) is 0 Å². The molecule has 133 valence electrons. The summed E-state index contributed by atoms with van der Waals surface area (Å²) in [6.45, 7) is 12.6. The molecule has 0 spiro atoms. The molecule has 0 aromatic rings. The first kappa shape index (κ1) is 21.0. The van der Waals surface area contributed by atoms with Crippen molar-refractivity contribution in [2.45, 2.75) is 19.3 Å². The molecule has 2 fully saturated rings. The zero-order valence-electron chi connectivity index (χ0n) is 14.1. The number of hydrogen-bond donors (Lipinski definition) is 0. The molecular formula is C15H32Cl2MnN4. The normalized spacial score (nSPS) is 30.0. The van der Waals surface area contributed by atoms with Crippen LogP contribution < -0.4 is 0 Å². The third-order valence-corrected chi connectivity index (χ3v) is 4.57. The fourth-order valence-corrected chi connectivity index (χ4v) is 3.17. The number of rotatable bonds is 0. The molecule has 0 saturated carbocycles. The van der Waals surface area contributed by atoms with E-state index in [1.54, 1.807) is 0 Å². The van der Waals surface area contributed by atoms with Gasteiger partial charge in [0.2, 0.25) is 0 Å². The van der Waals surface area contributed by atoms with E-state index in [0.29, 0.717) is 0 Å². The average molecular weight is 394 g/mol. The molecule has 7 heteroatoms. The van der Waals surface area contributed by atoms with Crippen LogP contribution >= 0.6 is 20.2 Å². The zero-order valence-corrected chi connectivity index (χ0v) is 16.8. The average Bonchev–Trinajstić information content (AvgIpc) is 2.71. The summed E-state index contributed by atoms with van der Waals surface area (Å²) in [6.07, 6.45) is 3.99. The van der Waals surface area contributed by atoms with Crippen LogP contribution in [-0.4, -0.2) is 99.1 Å². The summed E-state index contributed by atoms with van der Waals surface area (Å²) in [5.41, 5.74) is 0. The molecular weight excluding hydrogens is 362 g/mol. The van der Waals surface area contributed by atoms with E-state index in [9.17, 15) is 0 Å². The van der Waals surface area contributed by atoms with Gasteiger partial charge in [-0.25, -0.2) is 0 Å². The van der Waals surface area contributed by atoms with Crippen molar-refractivity contribution < 1.29 is 13.1 Å². The second-order valence-electron chi connectivity index (χ2n) is 6.40. The third-order valence-electron chi connectivity index (χ3n) is 4.57. The maximum absolute atomic E-state index is 4.80. The van der Waals surface area contributed by atoms with E-state index in [4.69, 9.17) is 20.2 Å². The van der Waals surface area contributed by atoms with Gasteiger partial charge in [-0.05, 0) is 72.6 Å². The van der Waals surface area contributed by atoms with E-state index in [-0.39, 0.29) is 13.1 Å². The van der Waals surface area contributed by atoms with Crippen LogP contribution in [-0.2, 0) is 13.1 Å². The van der Waals surface area contributed by atoms with Gasteiger partial charge in [0.05, 0.1) is 0 Å². The molecule has 4 nitrogen and oxygen atoms in total. The fraction of sp³-hybridized carbons (Fsp3) is 1.00. The summed E-state index contributed by atoms with van der Waals surface area (Å²) >= 11 is 0.00694. The fourth-order valence-electron chi connectivity index (χ4n) is 3.17. The van der Waals surface area contributed by atoms with Crippen molar-refractivity contribution in [2.24, 2.45) is 0 Å². The number of fused-ring (bicyclic) bond motifs is 3. The van der Waals surface area contributed by atoms with Gasteiger partial charge in [0.1, 0.15) is 0 Å². The topological polar surface area (TPSA) is 13.0 Å². The van der Waals surface area contributed by atoms with Gasteiger partial charge in [-0.2, -0.15) is 0 Å². The molecule has 0 radical (unpaired) electrons.